The summed E-state index contributed by atoms with van der Waals surface area (Å²) in [6.45, 7) is 2.08. The maximum absolute atomic E-state index is 5.83. The van der Waals surface area contributed by atoms with E-state index in [1.807, 2.05) is 42.5 Å². The first-order valence-electron chi connectivity index (χ1n) is 6.83. The number of nitrogens with zero attached hydrogens (tertiary/aromatic N) is 3. The van der Waals surface area contributed by atoms with Gasteiger partial charge in [-0.3, -0.25) is 0 Å². The summed E-state index contributed by atoms with van der Waals surface area (Å²) in [6.07, 6.45) is 0.652. The summed E-state index contributed by atoms with van der Waals surface area (Å²) in [4.78, 5) is 13.0. The number of aromatic nitrogens is 3. The van der Waals surface area contributed by atoms with Gasteiger partial charge in [-0.2, -0.15) is 9.97 Å². The van der Waals surface area contributed by atoms with Crippen molar-refractivity contribution in [2.24, 2.45) is 0 Å². The van der Waals surface area contributed by atoms with Crippen molar-refractivity contribution in [3.8, 4) is 11.4 Å². The number of nitrogens with two attached hydrogens (primary N) is 1. The summed E-state index contributed by atoms with van der Waals surface area (Å²) in [5.41, 5.74) is 9.19. The van der Waals surface area contributed by atoms with Crippen LogP contribution in [0.15, 0.2) is 54.6 Å². The maximum atomic E-state index is 5.83. The van der Waals surface area contributed by atoms with Crippen LogP contribution in [-0.2, 0) is 6.42 Å². The van der Waals surface area contributed by atoms with Crippen molar-refractivity contribution in [2.75, 3.05) is 5.73 Å². The molecule has 0 bridgehead atoms. The third kappa shape index (κ3) is 3.05. The maximum Gasteiger partial charge on any atom is 0.223 e. The molecule has 3 rings (SSSR count). The van der Waals surface area contributed by atoms with Gasteiger partial charge in [0.2, 0.25) is 5.95 Å². The predicted molar refractivity (Wildman–Crippen MR) is 83.7 cm³/mol. The Balaban J connectivity index is 1.97. The average molecular weight is 276 g/mol. The second-order valence-corrected chi connectivity index (χ2v) is 4.90. The highest BCUT2D eigenvalue weighted by Gasteiger charge is 2.08. The van der Waals surface area contributed by atoms with Crippen LogP contribution in [0.1, 0.15) is 17.0 Å². The molecule has 0 amide bonds. The van der Waals surface area contributed by atoms with E-state index in [0.29, 0.717) is 18.1 Å². The lowest BCUT2D eigenvalue weighted by Crippen LogP contribution is -2.06. The quantitative estimate of drug-likeness (QED) is 0.798. The summed E-state index contributed by atoms with van der Waals surface area (Å²) in [5.74, 6) is 1.56. The molecule has 0 aliphatic carbocycles. The second kappa shape index (κ2) is 5.71. The highest BCUT2D eigenvalue weighted by molar-refractivity contribution is 5.55. The molecule has 21 heavy (non-hydrogen) atoms. The van der Waals surface area contributed by atoms with Crippen LogP contribution in [0.4, 0.5) is 5.95 Å². The lowest BCUT2D eigenvalue weighted by molar-refractivity contribution is 0.931. The molecule has 1 heterocycles. The topological polar surface area (TPSA) is 64.7 Å². The van der Waals surface area contributed by atoms with Crippen LogP contribution in [-0.4, -0.2) is 15.0 Å². The number of nitrogen functional groups attached to an aromatic ring is 1. The van der Waals surface area contributed by atoms with E-state index < -0.39 is 0 Å². The summed E-state index contributed by atoms with van der Waals surface area (Å²) >= 11 is 0. The van der Waals surface area contributed by atoms with Gasteiger partial charge in [0.05, 0.1) is 0 Å². The zero-order valence-electron chi connectivity index (χ0n) is 11.8. The molecule has 0 radical (unpaired) electrons. The lowest BCUT2D eigenvalue weighted by Gasteiger charge is -2.07. The molecule has 0 aliphatic rings. The Hall–Kier alpha value is -2.75. The molecule has 0 saturated carbocycles. The zero-order chi connectivity index (χ0) is 14.7. The van der Waals surface area contributed by atoms with Crippen molar-refractivity contribution in [2.45, 2.75) is 13.3 Å². The molecule has 2 N–H and O–H groups in total. The van der Waals surface area contributed by atoms with Crippen LogP contribution in [0.2, 0.25) is 0 Å². The highest BCUT2D eigenvalue weighted by Crippen LogP contribution is 2.17. The Morgan fingerprint density at radius 2 is 1.57 bits per heavy atom. The monoisotopic (exact) mass is 276 g/mol. The van der Waals surface area contributed by atoms with Crippen molar-refractivity contribution < 1.29 is 0 Å². The molecular weight excluding hydrogens is 260 g/mol. The van der Waals surface area contributed by atoms with Gasteiger partial charge in [0, 0.05) is 12.0 Å². The third-order valence-corrected chi connectivity index (χ3v) is 3.34. The fraction of sp³-hybridized carbons (Fsp3) is 0.118. The molecule has 4 heteroatoms. The van der Waals surface area contributed by atoms with Gasteiger partial charge in [-0.05, 0) is 18.1 Å². The number of anilines is 1. The molecule has 0 unspecified atom stereocenters. The van der Waals surface area contributed by atoms with E-state index in [4.69, 9.17) is 5.73 Å². The lowest BCUT2D eigenvalue weighted by atomic mass is 10.1. The Bertz CT molecular complexity index is 754. The van der Waals surface area contributed by atoms with Crippen LogP contribution < -0.4 is 5.73 Å². The molecule has 0 saturated heterocycles. The number of hydrogen-bond acceptors (Lipinski definition) is 4. The highest BCUT2D eigenvalue weighted by atomic mass is 15.1. The molecule has 0 atom stereocenters. The van der Waals surface area contributed by atoms with E-state index in [9.17, 15) is 0 Å². The van der Waals surface area contributed by atoms with E-state index >= 15 is 0 Å². The van der Waals surface area contributed by atoms with Gasteiger partial charge in [-0.25, -0.2) is 4.98 Å². The van der Waals surface area contributed by atoms with E-state index in [-0.39, 0.29) is 5.95 Å². The number of rotatable bonds is 3. The summed E-state index contributed by atoms with van der Waals surface area (Å²) in [6, 6.07) is 18.0. The molecule has 1 aromatic heterocycles. The Kier molecular flexibility index (Phi) is 3.60. The van der Waals surface area contributed by atoms with E-state index in [1.165, 1.54) is 11.1 Å². The van der Waals surface area contributed by atoms with Gasteiger partial charge in [-0.15, -0.1) is 0 Å². The number of hydrogen-bond donors (Lipinski definition) is 1. The fourth-order valence-corrected chi connectivity index (χ4v) is 2.21. The SMILES string of the molecule is Cc1ccccc1Cc1nc(N)nc(-c2ccccc2)n1. The number of benzene rings is 2. The van der Waals surface area contributed by atoms with Gasteiger partial charge in [0.25, 0.3) is 0 Å². The minimum absolute atomic E-state index is 0.257. The average Bonchev–Trinajstić information content (AvgIpc) is 2.50. The van der Waals surface area contributed by atoms with Gasteiger partial charge < -0.3 is 5.73 Å². The first-order chi connectivity index (χ1) is 10.2. The fourth-order valence-electron chi connectivity index (χ4n) is 2.21. The van der Waals surface area contributed by atoms with Crippen LogP contribution in [0.3, 0.4) is 0 Å². The summed E-state index contributed by atoms with van der Waals surface area (Å²) < 4.78 is 0. The second-order valence-electron chi connectivity index (χ2n) is 4.90. The normalized spacial score (nSPS) is 10.5. The van der Waals surface area contributed by atoms with Crippen LogP contribution in [0.25, 0.3) is 11.4 Å². The van der Waals surface area contributed by atoms with Crippen LogP contribution in [0.5, 0.6) is 0 Å². The van der Waals surface area contributed by atoms with Crippen LogP contribution >= 0.6 is 0 Å². The molecular formula is C17H16N4. The van der Waals surface area contributed by atoms with Gasteiger partial charge >= 0.3 is 0 Å². The van der Waals surface area contributed by atoms with Crippen molar-refractivity contribution in [1.82, 2.24) is 15.0 Å². The Morgan fingerprint density at radius 3 is 2.33 bits per heavy atom. The molecule has 4 nitrogen and oxygen atoms in total. The van der Waals surface area contributed by atoms with Gasteiger partial charge in [0.1, 0.15) is 5.82 Å². The minimum Gasteiger partial charge on any atom is -0.368 e. The molecule has 2 aromatic carbocycles. The van der Waals surface area contributed by atoms with Crippen molar-refractivity contribution in [3.63, 3.8) is 0 Å². The Labute approximate surface area is 123 Å². The minimum atomic E-state index is 0.257. The molecule has 0 fully saturated rings. The third-order valence-electron chi connectivity index (χ3n) is 3.34. The first kappa shape index (κ1) is 13.2. The number of aryl methyl sites for hydroxylation is 1. The van der Waals surface area contributed by atoms with Gasteiger partial charge in [-0.1, -0.05) is 54.6 Å². The largest absolute Gasteiger partial charge is 0.368 e. The standard InChI is InChI=1S/C17H16N4/c1-12-7-5-6-10-14(12)11-15-19-16(21-17(18)20-15)13-8-3-2-4-9-13/h2-10H,11H2,1H3,(H2,18,19,20,21). The Morgan fingerprint density at radius 1 is 0.857 bits per heavy atom. The molecule has 104 valence electrons. The summed E-state index contributed by atoms with van der Waals surface area (Å²) in [7, 11) is 0. The van der Waals surface area contributed by atoms with E-state index in [2.05, 4.69) is 34.0 Å². The van der Waals surface area contributed by atoms with E-state index in [1.54, 1.807) is 0 Å². The smallest absolute Gasteiger partial charge is 0.223 e. The van der Waals surface area contributed by atoms with Crippen LogP contribution in [0, 0.1) is 6.92 Å². The van der Waals surface area contributed by atoms with Crippen molar-refractivity contribution >= 4 is 5.95 Å². The van der Waals surface area contributed by atoms with Crippen molar-refractivity contribution in [1.29, 1.82) is 0 Å². The molecule has 3 aromatic rings. The predicted octanol–water partition coefficient (Wildman–Crippen LogP) is 3.02. The van der Waals surface area contributed by atoms with Crippen molar-refractivity contribution in [3.05, 3.63) is 71.5 Å². The van der Waals surface area contributed by atoms with Gasteiger partial charge in [0.15, 0.2) is 5.82 Å². The summed E-state index contributed by atoms with van der Waals surface area (Å²) in [5, 5.41) is 0. The molecule has 0 spiro atoms. The molecule has 0 aliphatic heterocycles. The zero-order valence-corrected chi connectivity index (χ0v) is 11.8. The first-order valence-corrected chi connectivity index (χ1v) is 6.83. The van der Waals surface area contributed by atoms with E-state index in [0.717, 1.165) is 5.56 Å².